The van der Waals surface area contributed by atoms with Gasteiger partial charge in [0, 0.05) is 10.2 Å². The van der Waals surface area contributed by atoms with Gasteiger partial charge in [-0.05, 0) is 36.2 Å². The first-order valence-corrected chi connectivity index (χ1v) is 6.67. The predicted octanol–water partition coefficient (Wildman–Crippen LogP) is 3.43. The first-order chi connectivity index (χ1) is 9.08. The Labute approximate surface area is 120 Å². The summed E-state index contributed by atoms with van der Waals surface area (Å²) in [7, 11) is 0. The quantitative estimate of drug-likeness (QED) is 0.910. The van der Waals surface area contributed by atoms with Gasteiger partial charge in [-0.25, -0.2) is 0 Å². The molecular weight excluding hydrogens is 306 g/mol. The van der Waals surface area contributed by atoms with E-state index in [0.29, 0.717) is 11.3 Å². The topological polar surface area (TPSA) is 49.3 Å². The van der Waals surface area contributed by atoms with Crippen LogP contribution in [0, 0.1) is 6.92 Å². The first kappa shape index (κ1) is 13.8. The zero-order valence-electron chi connectivity index (χ0n) is 10.4. The molecule has 0 aliphatic rings. The molecular formula is C15H14BrNO2. The highest BCUT2D eigenvalue weighted by atomic mass is 79.9. The van der Waals surface area contributed by atoms with Crippen molar-refractivity contribution in [2.24, 2.45) is 0 Å². The van der Waals surface area contributed by atoms with Crippen LogP contribution in [0.2, 0.25) is 0 Å². The molecule has 98 valence electrons. The first-order valence-electron chi connectivity index (χ1n) is 5.88. The molecule has 0 saturated carbocycles. The van der Waals surface area contributed by atoms with E-state index in [2.05, 4.69) is 21.2 Å². The van der Waals surface area contributed by atoms with Gasteiger partial charge < -0.3 is 10.4 Å². The van der Waals surface area contributed by atoms with Crippen molar-refractivity contribution in [3.63, 3.8) is 0 Å². The second-order valence-corrected chi connectivity index (χ2v) is 5.12. The van der Waals surface area contributed by atoms with Gasteiger partial charge in [0.2, 0.25) is 0 Å². The van der Waals surface area contributed by atoms with Gasteiger partial charge in [0.1, 0.15) is 0 Å². The minimum absolute atomic E-state index is 0.437. The fourth-order valence-electron chi connectivity index (χ4n) is 1.72. The van der Waals surface area contributed by atoms with E-state index in [1.807, 2.05) is 25.1 Å². The number of carbonyl (C=O) groups excluding carboxylic acids is 1. The summed E-state index contributed by atoms with van der Waals surface area (Å²) in [5.74, 6) is -0.437. The van der Waals surface area contributed by atoms with E-state index in [1.165, 1.54) is 0 Å². The van der Waals surface area contributed by atoms with E-state index in [0.717, 1.165) is 10.0 Å². The molecule has 0 heterocycles. The molecule has 1 atom stereocenters. The smallest absolute Gasteiger partial charge is 0.257 e. The number of aliphatic hydroxyl groups is 1. The molecule has 0 aliphatic heterocycles. The summed E-state index contributed by atoms with van der Waals surface area (Å²) in [5.41, 5.74) is 2.27. The van der Waals surface area contributed by atoms with Crippen LogP contribution in [-0.4, -0.2) is 11.0 Å². The van der Waals surface area contributed by atoms with Crippen molar-refractivity contribution < 1.29 is 9.90 Å². The Morgan fingerprint density at radius 2 is 1.89 bits per heavy atom. The third kappa shape index (κ3) is 3.43. The molecule has 2 aromatic rings. The van der Waals surface area contributed by atoms with Crippen molar-refractivity contribution in [1.82, 2.24) is 0 Å². The lowest BCUT2D eigenvalue weighted by atomic mass is 10.1. The summed E-state index contributed by atoms with van der Waals surface area (Å²) < 4.78 is 0.981. The summed E-state index contributed by atoms with van der Waals surface area (Å²) in [5, 5.41) is 12.7. The Morgan fingerprint density at radius 1 is 1.21 bits per heavy atom. The molecule has 0 spiro atoms. The van der Waals surface area contributed by atoms with Gasteiger partial charge in [-0.2, -0.15) is 0 Å². The van der Waals surface area contributed by atoms with Crippen LogP contribution in [-0.2, 0) is 4.79 Å². The van der Waals surface area contributed by atoms with E-state index in [-0.39, 0.29) is 0 Å². The van der Waals surface area contributed by atoms with Crippen LogP contribution < -0.4 is 5.32 Å². The SMILES string of the molecule is Cc1cc(NC(=O)C(O)c2ccccc2)ccc1Br. The van der Waals surface area contributed by atoms with E-state index < -0.39 is 12.0 Å². The van der Waals surface area contributed by atoms with Crippen LogP contribution in [0.3, 0.4) is 0 Å². The maximum Gasteiger partial charge on any atom is 0.257 e. The molecule has 3 nitrogen and oxygen atoms in total. The second kappa shape index (κ2) is 5.99. The van der Waals surface area contributed by atoms with Crippen molar-refractivity contribution in [3.05, 3.63) is 64.1 Å². The molecule has 4 heteroatoms. The zero-order valence-corrected chi connectivity index (χ0v) is 12.0. The second-order valence-electron chi connectivity index (χ2n) is 4.27. The van der Waals surface area contributed by atoms with Crippen molar-refractivity contribution in [3.8, 4) is 0 Å². The van der Waals surface area contributed by atoms with Gasteiger partial charge in [0.25, 0.3) is 5.91 Å². The molecule has 0 bridgehead atoms. The van der Waals surface area contributed by atoms with Crippen molar-refractivity contribution in [2.45, 2.75) is 13.0 Å². The number of hydrogen-bond acceptors (Lipinski definition) is 2. The van der Waals surface area contributed by atoms with Crippen molar-refractivity contribution in [1.29, 1.82) is 0 Å². The number of nitrogens with one attached hydrogen (secondary N) is 1. The Morgan fingerprint density at radius 3 is 2.53 bits per heavy atom. The van der Waals surface area contributed by atoms with E-state index >= 15 is 0 Å². The number of amides is 1. The normalized spacial score (nSPS) is 11.9. The van der Waals surface area contributed by atoms with Crippen molar-refractivity contribution in [2.75, 3.05) is 5.32 Å². The number of aryl methyl sites for hydroxylation is 1. The molecule has 2 N–H and O–H groups in total. The minimum atomic E-state index is -1.16. The summed E-state index contributed by atoms with van der Waals surface area (Å²) in [6.07, 6.45) is -1.16. The number of halogens is 1. The molecule has 0 aliphatic carbocycles. The van der Waals surface area contributed by atoms with E-state index in [9.17, 15) is 9.90 Å². The number of hydrogen-bond donors (Lipinski definition) is 2. The van der Waals surface area contributed by atoms with Crippen LogP contribution in [0.15, 0.2) is 53.0 Å². The summed E-state index contributed by atoms with van der Waals surface area (Å²) in [6, 6.07) is 14.3. The molecule has 0 aromatic heterocycles. The van der Waals surface area contributed by atoms with Crippen LogP contribution in [0.25, 0.3) is 0 Å². The molecule has 0 fully saturated rings. The van der Waals surface area contributed by atoms with Gasteiger partial charge in [-0.15, -0.1) is 0 Å². The van der Waals surface area contributed by atoms with Gasteiger partial charge >= 0.3 is 0 Å². The van der Waals surface area contributed by atoms with Gasteiger partial charge in [-0.3, -0.25) is 4.79 Å². The molecule has 2 aromatic carbocycles. The fourth-order valence-corrected chi connectivity index (χ4v) is 1.97. The van der Waals surface area contributed by atoms with Gasteiger partial charge in [0.15, 0.2) is 6.10 Å². The Balaban J connectivity index is 2.10. The summed E-state index contributed by atoms with van der Waals surface area (Å²) >= 11 is 3.40. The average molecular weight is 320 g/mol. The molecule has 0 radical (unpaired) electrons. The van der Waals surface area contributed by atoms with E-state index in [1.54, 1.807) is 30.3 Å². The lowest BCUT2D eigenvalue weighted by Crippen LogP contribution is -2.20. The van der Waals surface area contributed by atoms with Gasteiger partial charge in [0.05, 0.1) is 0 Å². The number of aliphatic hydroxyl groups excluding tert-OH is 1. The molecule has 1 amide bonds. The molecule has 1 unspecified atom stereocenters. The average Bonchev–Trinajstić information content (AvgIpc) is 2.43. The lowest BCUT2D eigenvalue weighted by Gasteiger charge is -2.12. The Hall–Kier alpha value is -1.65. The van der Waals surface area contributed by atoms with E-state index in [4.69, 9.17) is 0 Å². The third-order valence-electron chi connectivity index (χ3n) is 2.79. The summed E-state index contributed by atoms with van der Waals surface area (Å²) in [4.78, 5) is 11.9. The van der Waals surface area contributed by atoms with Crippen molar-refractivity contribution >= 4 is 27.5 Å². The molecule has 2 rings (SSSR count). The number of benzene rings is 2. The number of anilines is 1. The van der Waals surface area contributed by atoms with Crippen LogP contribution in [0.4, 0.5) is 5.69 Å². The summed E-state index contributed by atoms with van der Waals surface area (Å²) in [6.45, 7) is 1.94. The molecule has 19 heavy (non-hydrogen) atoms. The number of rotatable bonds is 3. The fraction of sp³-hybridized carbons (Fsp3) is 0.133. The Bertz CT molecular complexity index is 584. The standard InChI is InChI=1S/C15H14BrNO2/c1-10-9-12(7-8-13(10)16)17-15(19)14(18)11-5-3-2-4-6-11/h2-9,14,18H,1H3,(H,17,19). The van der Waals surface area contributed by atoms with Crippen LogP contribution in [0.1, 0.15) is 17.2 Å². The maximum absolute atomic E-state index is 11.9. The highest BCUT2D eigenvalue weighted by Gasteiger charge is 2.17. The highest BCUT2D eigenvalue weighted by Crippen LogP contribution is 2.21. The lowest BCUT2D eigenvalue weighted by molar-refractivity contribution is -0.124. The molecule has 0 saturated heterocycles. The third-order valence-corrected chi connectivity index (χ3v) is 3.68. The van der Waals surface area contributed by atoms with Crippen LogP contribution >= 0.6 is 15.9 Å². The maximum atomic E-state index is 11.9. The Kier molecular flexibility index (Phi) is 4.35. The van der Waals surface area contributed by atoms with Crippen LogP contribution in [0.5, 0.6) is 0 Å². The largest absolute Gasteiger partial charge is 0.378 e. The zero-order chi connectivity index (χ0) is 13.8. The predicted molar refractivity (Wildman–Crippen MR) is 78.9 cm³/mol. The highest BCUT2D eigenvalue weighted by molar-refractivity contribution is 9.10. The monoisotopic (exact) mass is 319 g/mol. The number of carbonyl (C=O) groups is 1. The minimum Gasteiger partial charge on any atom is -0.378 e. The van der Waals surface area contributed by atoms with Gasteiger partial charge in [-0.1, -0.05) is 46.3 Å².